The van der Waals surface area contributed by atoms with Crippen LogP contribution in [0.3, 0.4) is 0 Å². The summed E-state index contributed by atoms with van der Waals surface area (Å²) in [5.41, 5.74) is 12.8. The number of benzene rings is 1. The van der Waals surface area contributed by atoms with E-state index in [1.54, 1.807) is 0 Å². The summed E-state index contributed by atoms with van der Waals surface area (Å²) >= 11 is -0.250. The molecule has 0 amide bonds. The van der Waals surface area contributed by atoms with Gasteiger partial charge in [-0.2, -0.15) is 0 Å². The van der Waals surface area contributed by atoms with Crippen molar-refractivity contribution in [2.45, 2.75) is 27.3 Å². The van der Waals surface area contributed by atoms with Crippen LogP contribution in [0.15, 0.2) is 29.3 Å². The second kappa shape index (κ2) is 12.8. The van der Waals surface area contributed by atoms with Crippen molar-refractivity contribution in [3.8, 4) is 0 Å². The minimum atomic E-state index is -0.250. The van der Waals surface area contributed by atoms with Crippen LogP contribution in [0.5, 0.6) is 0 Å². The molecular weight excluding hydrogens is 238 g/mol. The fraction of sp³-hybridized carbons (Fsp3) is 0.364. The van der Waals surface area contributed by atoms with E-state index in [0.29, 0.717) is 6.54 Å². The number of rotatable bonds is 2. The molecule has 0 saturated carbocycles. The first-order valence-corrected chi connectivity index (χ1v) is 5.89. The molecule has 6 N–H and O–H groups in total. The lowest BCUT2D eigenvalue weighted by Crippen LogP contribution is -2.22. The number of nitrogens with zero attached hydrogens (tertiary/aromatic N) is 1. The second-order valence-corrected chi connectivity index (χ2v) is 2.98. The molecule has 0 atom stereocenters. The highest BCUT2D eigenvalue weighted by atomic mass is 32.2. The van der Waals surface area contributed by atoms with Crippen molar-refractivity contribution in [3.63, 3.8) is 0 Å². The summed E-state index contributed by atoms with van der Waals surface area (Å²) in [6, 6.07) is 8.10. The summed E-state index contributed by atoms with van der Waals surface area (Å²) in [6.45, 7) is 6.60. The van der Waals surface area contributed by atoms with E-state index >= 15 is 0 Å². The Hall–Kier alpha value is -1.24. The number of hydrogen-bond acceptors (Lipinski definition) is 4. The van der Waals surface area contributed by atoms with Gasteiger partial charge < -0.3 is 20.6 Å². The average Bonchev–Trinajstić information content (AvgIpc) is 2.30. The first-order chi connectivity index (χ1) is 8.10. The van der Waals surface area contributed by atoms with Gasteiger partial charge in [-0.25, -0.2) is 4.99 Å². The van der Waals surface area contributed by atoms with E-state index in [0.717, 1.165) is 5.56 Å². The van der Waals surface area contributed by atoms with E-state index in [-0.39, 0.29) is 18.3 Å². The molecule has 0 unspecified atom stereocenters. The maximum absolute atomic E-state index is 7.04. The Balaban J connectivity index is 0. The molecule has 1 aromatic rings. The van der Waals surface area contributed by atoms with Crippen molar-refractivity contribution in [3.05, 3.63) is 35.4 Å². The third-order valence-electron chi connectivity index (χ3n) is 1.53. The molecular formula is C11H21N3O2S. The molecule has 0 aliphatic carbocycles. The summed E-state index contributed by atoms with van der Waals surface area (Å²) < 4.78 is 14.1. The molecule has 6 heteroatoms. The number of hydrogen-bond donors (Lipinski definition) is 4. The number of guanidine groups is 1. The maximum Gasteiger partial charge on any atom is 0.186 e. The van der Waals surface area contributed by atoms with Crippen LogP contribution in [-0.2, 0) is 6.54 Å². The number of nitrogens with two attached hydrogens (primary N) is 2. The van der Waals surface area contributed by atoms with Gasteiger partial charge >= 0.3 is 0 Å². The molecule has 1 rings (SSSR count). The topological polar surface area (TPSA) is 105 Å². The highest BCUT2D eigenvalue weighted by Gasteiger charge is 1.90. The molecule has 1 aromatic carbocycles. The largest absolute Gasteiger partial charge is 0.370 e. The van der Waals surface area contributed by atoms with Gasteiger partial charge in [-0.1, -0.05) is 43.7 Å². The van der Waals surface area contributed by atoms with E-state index in [4.69, 9.17) is 20.6 Å². The zero-order valence-electron chi connectivity index (χ0n) is 10.4. The Morgan fingerprint density at radius 3 is 2.24 bits per heavy atom. The van der Waals surface area contributed by atoms with Crippen molar-refractivity contribution in [1.82, 2.24) is 0 Å². The SMILES string of the molecule is CC.Cc1cccc(CN=C(N)N)c1.OSO. The molecule has 0 aromatic heterocycles. The molecule has 0 saturated heterocycles. The second-order valence-electron chi connectivity index (χ2n) is 2.81. The monoisotopic (exact) mass is 259 g/mol. The molecule has 0 fully saturated rings. The smallest absolute Gasteiger partial charge is 0.186 e. The Morgan fingerprint density at radius 2 is 1.82 bits per heavy atom. The van der Waals surface area contributed by atoms with Crippen molar-refractivity contribution >= 4 is 18.3 Å². The standard InChI is InChI=1S/C9H13N3.C2H6.H2O2S/c1-7-3-2-4-8(5-7)6-12-9(10)11;1-2;1-3-2/h2-5H,6H2,1H3,(H4,10,11,12);1-2H3;1-2H. The van der Waals surface area contributed by atoms with E-state index in [9.17, 15) is 0 Å². The van der Waals surface area contributed by atoms with Gasteiger partial charge in [0.05, 0.1) is 6.54 Å². The molecule has 0 aliphatic heterocycles. The first kappa shape index (κ1) is 18.1. The van der Waals surface area contributed by atoms with E-state index in [1.807, 2.05) is 39.0 Å². The average molecular weight is 259 g/mol. The molecule has 17 heavy (non-hydrogen) atoms. The quantitative estimate of drug-likeness (QED) is 0.371. The van der Waals surface area contributed by atoms with Gasteiger partial charge in [-0.3, -0.25) is 0 Å². The van der Waals surface area contributed by atoms with Gasteiger partial charge in [0.25, 0.3) is 0 Å². The Morgan fingerprint density at radius 1 is 1.29 bits per heavy atom. The summed E-state index contributed by atoms with van der Waals surface area (Å²) in [5, 5.41) is 0. The van der Waals surface area contributed by atoms with E-state index in [1.165, 1.54) is 5.56 Å². The van der Waals surface area contributed by atoms with Crippen LogP contribution in [-0.4, -0.2) is 15.1 Å². The van der Waals surface area contributed by atoms with Gasteiger partial charge in [0, 0.05) is 0 Å². The third kappa shape index (κ3) is 12.7. The highest BCUT2D eigenvalue weighted by Crippen LogP contribution is 2.04. The van der Waals surface area contributed by atoms with E-state index in [2.05, 4.69) is 11.1 Å². The lowest BCUT2D eigenvalue weighted by atomic mass is 10.1. The van der Waals surface area contributed by atoms with Gasteiger partial charge in [-0.15, -0.1) is 0 Å². The van der Waals surface area contributed by atoms with Crippen LogP contribution in [0.1, 0.15) is 25.0 Å². The number of aliphatic imine (C=N–C) groups is 1. The van der Waals surface area contributed by atoms with Gasteiger partial charge in [0.2, 0.25) is 0 Å². The van der Waals surface area contributed by atoms with Gasteiger partial charge in [-0.05, 0) is 12.5 Å². The third-order valence-corrected chi connectivity index (χ3v) is 1.53. The normalized spacial score (nSPS) is 8.06. The summed E-state index contributed by atoms with van der Waals surface area (Å²) in [7, 11) is 0. The Labute approximate surface area is 107 Å². The molecule has 0 bridgehead atoms. The fourth-order valence-electron chi connectivity index (χ4n) is 0.993. The lowest BCUT2D eigenvalue weighted by Gasteiger charge is -1.98. The van der Waals surface area contributed by atoms with Crippen LogP contribution in [0.2, 0.25) is 0 Å². The molecule has 98 valence electrons. The molecule has 0 radical (unpaired) electrons. The summed E-state index contributed by atoms with van der Waals surface area (Å²) in [5.74, 6) is 0.136. The highest BCUT2D eigenvalue weighted by molar-refractivity contribution is 7.87. The fourth-order valence-corrected chi connectivity index (χ4v) is 0.993. The molecule has 0 spiro atoms. The lowest BCUT2D eigenvalue weighted by molar-refractivity contribution is 0.541. The van der Waals surface area contributed by atoms with Crippen molar-refractivity contribution in [2.75, 3.05) is 0 Å². The summed E-state index contributed by atoms with van der Waals surface area (Å²) in [6.07, 6.45) is 0. The van der Waals surface area contributed by atoms with Crippen molar-refractivity contribution in [1.29, 1.82) is 0 Å². The van der Waals surface area contributed by atoms with Crippen molar-refractivity contribution < 1.29 is 9.11 Å². The van der Waals surface area contributed by atoms with Crippen LogP contribution >= 0.6 is 12.3 Å². The van der Waals surface area contributed by atoms with Crippen molar-refractivity contribution in [2.24, 2.45) is 16.5 Å². The van der Waals surface area contributed by atoms with Crippen LogP contribution in [0.4, 0.5) is 0 Å². The van der Waals surface area contributed by atoms with Crippen LogP contribution in [0, 0.1) is 6.92 Å². The molecule has 5 nitrogen and oxygen atoms in total. The minimum absolute atomic E-state index is 0.136. The predicted molar refractivity (Wildman–Crippen MR) is 74.9 cm³/mol. The van der Waals surface area contributed by atoms with Gasteiger partial charge in [0.1, 0.15) is 0 Å². The van der Waals surface area contributed by atoms with Crippen LogP contribution < -0.4 is 11.5 Å². The zero-order valence-corrected chi connectivity index (χ0v) is 11.2. The molecule has 0 heterocycles. The maximum atomic E-state index is 7.04. The van der Waals surface area contributed by atoms with E-state index < -0.39 is 0 Å². The van der Waals surface area contributed by atoms with Gasteiger partial charge in [0.15, 0.2) is 18.3 Å². The first-order valence-electron chi connectivity index (χ1n) is 5.16. The number of aryl methyl sites for hydroxylation is 1. The zero-order chi connectivity index (χ0) is 13.7. The minimum Gasteiger partial charge on any atom is -0.370 e. The predicted octanol–water partition coefficient (Wildman–Crippen LogP) is 2.46. The summed E-state index contributed by atoms with van der Waals surface area (Å²) in [4.78, 5) is 3.91. The molecule has 0 aliphatic rings. The Bertz CT molecular complexity index is 315. The Kier molecular flexibility index (Phi) is 13.7. The van der Waals surface area contributed by atoms with Crippen LogP contribution in [0.25, 0.3) is 0 Å².